The lowest BCUT2D eigenvalue weighted by atomic mass is 10.1. The minimum Gasteiger partial charge on any atom is -0.351 e. The molecule has 0 aliphatic rings. The number of hydrogen-bond donors (Lipinski definition) is 2. The number of carbonyl (C=O) groups excluding carboxylic acids is 3. The molecule has 0 aliphatic carbocycles. The number of nitrogens with zero attached hydrogens (tertiary/aromatic N) is 1. The van der Waals surface area contributed by atoms with Crippen molar-refractivity contribution in [3.05, 3.63) is 41.5 Å². The Kier molecular flexibility index (Phi) is 8.56. The number of Topliss-reactive ketones (excluding diaryl/α,β-unsaturated/α-hetero) is 1. The van der Waals surface area contributed by atoms with Crippen molar-refractivity contribution in [2.75, 3.05) is 31.5 Å². The summed E-state index contributed by atoms with van der Waals surface area (Å²) in [5.41, 5.74) is 1.47. The number of nitrogens with one attached hydrogen (secondary N) is 2. The molecule has 0 aromatic heterocycles. The normalized spacial score (nSPS) is 11.3. The number of carbonyl (C=O) groups is 3. The van der Waals surface area contributed by atoms with Crippen LogP contribution in [0.2, 0.25) is 0 Å². The van der Waals surface area contributed by atoms with E-state index in [1.807, 2.05) is 0 Å². The van der Waals surface area contributed by atoms with Crippen molar-refractivity contribution < 1.29 is 14.4 Å². The van der Waals surface area contributed by atoms with Gasteiger partial charge < -0.3 is 15.5 Å². The molecule has 1 rings (SSSR count). The molecule has 6 heteroatoms. The van der Waals surface area contributed by atoms with Gasteiger partial charge in [-0.25, -0.2) is 0 Å². The fourth-order valence-electron chi connectivity index (χ4n) is 2.21. The van der Waals surface area contributed by atoms with Gasteiger partial charge in [-0.3, -0.25) is 14.4 Å². The van der Waals surface area contributed by atoms with Crippen molar-refractivity contribution in [2.45, 2.75) is 27.7 Å². The zero-order chi connectivity index (χ0) is 18.8. The van der Waals surface area contributed by atoms with Crippen LogP contribution in [0.3, 0.4) is 0 Å². The molecule has 0 aliphatic heterocycles. The highest BCUT2D eigenvalue weighted by Crippen LogP contribution is 2.11. The van der Waals surface area contributed by atoms with E-state index in [9.17, 15) is 14.4 Å². The summed E-state index contributed by atoms with van der Waals surface area (Å²) in [6, 6.07) is 6.62. The van der Waals surface area contributed by atoms with Crippen LogP contribution in [0, 0.1) is 0 Å². The van der Waals surface area contributed by atoms with Crippen molar-refractivity contribution in [1.82, 2.24) is 10.2 Å². The van der Waals surface area contributed by atoms with E-state index in [-0.39, 0.29) is 17.6 Å². The lowest BCUT2D eigenvalue weighted by Gasteiger charge is -2.17. The van der Waals surface area contributed by atoms with Crippen LogP contribution in [0.25, 0.3) is 0 Å². The molecule has 1 aromatic rings. The molecule has 0 spiro atoms. The summed E-state index contributed by atoms with van der Waals surface area (Å²) >= 11 is 0. The first kappa shape index (κ1) is 20.6. The highest BCUT2D eigenvalue weighted by molar-refractivity contribution is 6.07. The van der Waals surface area contributed by atoms with Gasteiger partial charge in [-0.05, 0) is 51.2 Å². The van der Waals surface area contributed by atoms with E-state index >= 15 is 0 Å². The van der Waals surface area contributed by atoms with Gasteiger partial charge >= 0.3 is 0 Å². The van der Waals surface area contributed by atoms with Crippen molar-refractivity contribution in [2.24, 2.45) is 0 Å². The maximum Gasteiger partial charge on any atom is 0.251 e. The van der Waals surface area contributed by atoms with Crippen LogP contribution < -0.4 is 10.6 Å². The predicted molar refractivity (Wildman–Crippen MR) is 99.6 cm³/mol. The van der Waals surface area contributed by atoms with Crippen LogP contribution in [-0.2, 0) is 9.59 Å². The molecule has 2 amide bonds. The van der Waals surface area contributed by atoms with Crippen LogP contribution >= 0.6 is 0 Å². The highest BCUT2D eigenvalue weighted by Gasteiger charge is 2.08. The zero-order valence-corrected chi connectivity index (χ0v) is 15.4. The standard InChI is InChI=1S/C19H27N3O3/c1-5-22(6-2)12-11-20-18(24)13-14(3)19(25)21-17-9-7-16(8-10-17)15(4)23/h7-10,13H,5-6,11-12H2,1-4H3,(H,20,24)(H,21,25)/b14-13-. The molecule has 136 valence electrons. The summed E-state index contributed by atoms with van der Waals surface area (Å²) in [6.07, 6.45) is 1.29. The molecule has 1 aromatic carbocycles. The Hall–Kier alpha value is -2.47. The maximum absolute atomic E-state index is 12.1. The highest BCUT2D eigenvalue weighted by atomic mass is 16.2. The van der Waals surface area contributed by atoms with E-state index in [1.54, 1.807) is 31.2 Å². The molecular formula is C19H27N3O3. The van der Waals surface area contributed by atoms with Crippen molar-refractivity contribution in [3.63, 3.8) is 0 Å². The van der Waals surface area contributed by atoms with Gasteiger partial charge in [-0.15, -0.1) is 0 Å². The summed E-state index contributed by atoms with van der Waals surface area (Å²) in [7, 11) is 0. The van der Waals surface area contributed by atoms with Crippen LogP contribution in [0.1, 0.15) is 38.1 Å². The molecule has 0 bridgehead atoms. The Balaban J connectivity index is 2.52. The predicted octanol–water partition coefficient (Wildman–Crippen LogP) is 2.23. The average molecular weight is 345 g/mol. The molecule has 0 saturated carbocycles. The van der Waals surface area contributed by atoms with Gasteiger partial charge in [0.25, 0.3) is 5.91 Å². The second kappa shape index (κ2) is 10.4. The Morgan fingerprint density at radius 2 is 1.64 bits per heavy atom. The maximum atomic E-state index is 12.1. The minimum atomic E-state index is -0.352. The van der Waals surface area contributed by atoms with Crippen LogP contribution in [0.5, 0.6) is 0 Å². The molecule has 0 radical (unpaired) electrons. The topological polar surface area (TPSA) is 78.5 Å². The first-order valence-corrected chi connectivity index (χ1v) is 8.48. The summed E-state index contributed by atoms with van der Waals surface area (Å²) in [5.74, 6) is -0.670. The van der Waals surface area contributed by atoms with E-state index in [1.165, 1.54) is 13.0 Å². The minimum absolute atomic E-state index is 0.0321. The third-order valence-electron chi connectivity index (χ3n) is 3.88. The molecule has 6 nitrogen and oxygen atoms in total. The van der Waals surface area contributed by atoms with Crippen molar-refractivity contribution in [1.29, 1.82) is 0 Å². The molecule has 0 atom stereocenters. The molecule has 0 unspecified atom stereocenters. The van der Waals surface area contributed by atoms with E-state index in [2.05, 4.69) is 29.4 Å². The van der Waals surface area contributed by atoms with Crippen LogP contribution in [0.15, 0.2) is 35.9 Å². The second-order valence-electron chi connectivity index (χ2n) is 5.73. The van der Waals surface area contributed by atoms with Crippen molar-refractivity contribution >= 4 is 23.3 Å². The summed E-state index contributed by atoms with van der Waals surface area (Å²) < 4.78 is 0. The molecule has 25 heavy (non-hydrogen) atoms. The van der Waals surface area contributed by atoms with Gasteiger partial charge in [0.2, 0.25) is 5.91 Å². The number of anilines is 1. The quantitative estimate of drug-likeness (QED) is 0.531. The Morgan fingerprint density at radius 3 is 2.16 bits per heavy atom. The fraction of sp³-hybridized carbons (Fsp3) is 0.421. The van der Waals surface area contributed by atoms with E-state index < -0.39 is 0 Å². The monoisotopic (exact) mass is 345 g/mol. The number of hydrogen-bond acceptors (Lipinski definition) is 4. The number of ketones is 1. The van der Waals surface area contributed by atoms with Crippen molar-refractivity contribution in [3.8, 4) is 0 Å². The molecular weight excluding hydrogens is 318 g/mol. The fourth-order valence-corrected chi connectivity index (χ4v) is 2.21. The molecule has 0 fully saturated rings. The lowest BCUT2D eigenvalue weighted by molar-refractivity contribution is -0.117. The van der Waals surface area contributed by atoms with Gasteiger partial charge in [0, 0.05) is 36.0 Å². The van der Waals surface area contributed by atoms with Gasteiger partial charge in [-0.2, -0.15) is 0 Å². The zero-order valence-electron chi connectivity index (χ0n) is 15.4. The second-order valence-corrected chi connectivity index (χ2v) is 5.73. The first-order valence-electron chi connectivity index (χ1n) is 8.48. The lowest BCUT2D eigenvalue weighted by Crippen LogP contribution is -2.34. The average Bonchev–Trinajstić information content (AvgIpc) is 2.59. The van der Waals surface area contributed by atoms with E-state index in [0.717, 1.165) is 19.6 Å². The third kappa shape index (κ3) is 7.30. The van der Waals surface area contributed by atoms with Gasteiger partial charge in [0.1, 0.15) is 0 Å². The SMILES string of the molecule is CCN(CC)CCNC(=O)/C=C(/C)C(=O)Nc1ccc(C(C)=O)cc1. The first-order chi connectivity index (χ1) is 11.9. The Morgan fingerprint density at radius 1 is 1.04 bits per heavy atom. The molecule has 0 saturated heterocycles. The summed E-state index contributed by atoms with van der Waals surface area (Å²) in [6.45, 7) is 10.4. The van der Waals surface area contributed by atoms with E-state index in [4.69, 9.17) is 0 Å². The Labute approximate surface area is 149 Å². The summed E-state index contributed by atoms with van der Waals surface area (Å²) in [4.78, 5) is 37.4. The summed E-state index contributed by atoms with van der Waals surface area (Å²) in [5, 5.41) is 5.48. The van der Waals surface area contributed by atoms with Gasteiger partial charge in [-0.1, -0.05) is 13.8 Å². The Bertz CT molecular complexity index is 632. The van der Waals surface area contributed by atoms with Gasteiger partial charge in [0.15, 0.2) is 5.78 Å². The number of rotatable bonds is 9. The smallest absolute Gasteiger partial charge is 0.251 e. The molecule has 0 heterocycles. The molecule has 2 N–H and O–H groups in total. The largest absolute Gasteiger partial charge is 0.351 e. The number of amides is 2. The van der Waals surface area contributed by atoms with E-state index in [0.29, 0.717) is 23.4 Å². The van der Waals surface area contributed by atoms with Crippen LogP contribution in [0.4, 0.5) is 5.69 Å². The van der Waals surface area contributed by atoms with Crippen LogP contribution in [-0.4, -0.2) is 48.7 Å². The third-order valence-corrected chi connectivity index (χ3v) is 3.88. The number of benzene rings is 1. The van der Waals surface area contributed by atoms with Gasteiger partial charge in [0.05, 0.1) is 0 Å². The number of likely N-dealkylation sites (N-methyl/N-ethyl adjacent to an activating group) is 1.